The molecule has 2 aliphatic rings. The number of nitrogens with two attached hydrogens (primary N) is 2. The van der Waals surface area contributed by atoms with Gasteiger partial charge in [0.1, 0.15) is 5.84 Å². The molecule has 2 heterocycles. The van der Waals surface area contributed by atoms with Crippen LogP contribution in [0.15, 0.2) is 40.8 Å². The zero-order valence-electron chi connectivity index (χ0n) is 13.5. The molecule has 1 fully saturated rings. The van der Waals surface area contributed by atoms with Gasteiger partial charge in [0, 0.05) is 38.9 Å². The third kappa shape index (κ3) is 4.89. The van der Waals surface area contributed by atoms with Crippen LogP contribution in [-0.4, -0.2) is 61.4 Å². The van der Waals surface area contributed by atoms with E-state index in [2.05, 4.69) is 27.0 Å². The van der Waals surface area contributed by atoms with Crippen molar-refractivity contribution in [3.63, 3.8) is 0 Å². The molecular weight excluding hydrogens is 276 g/mol. The number of dihydropyridines is 1. The Bertz CT molecular complexity index is 469. The molecule has 0 bridgehead atoms. The topological polar surface area (TPSA) is 82.9 Å². The number of hydrogen-bond acceptors (Lipinski definition) is 5. The van der Waals surface area contributed by atoms with Gasteiger partial charge in [-0.05, 0) is 25.1 Å². The summed E-state index contributed by atoms with van der Waals surface area (Å²) in [4.78, 5) is 9.36. The van der Waals surface area contributed by atoms with Crippen molar-refractivity contribution in [2.24, 2.45) is 16.5 Å². The Kier molecular flexibility index (Phi) is 6.48. The molecule has 6 nitrogen and oxygen atoms in total. The van der Waals surface area contributed by atoms with Gasteiger partial charge in [0.05, 0.1) is 17.9 Å². The fraction of sp³-hybridized carbons (Fsp3) is 0.562. The minimum atomic E-state index is 0.409. The fourth-order valence-corrected chi connectivity index (χ4v) is 2.65. The average molecular weight is 304 g/mol. The number of hydrogen-bond donors (Lipinski definition) is 3. The predicted octanol–water partition coefficient (Wildman–Crippen LogP) is 0.215. The predicted molar refractivity (Wildman–Crippen MR) is 92.3 cm³/mol. The van der Waals surface area contributed by atoms with Gasteiger partial charge in [-0.25, -0.2) is 0 Å². The third-order valence-corrected chi connectivity index (χ3v) is 3.98. The fourth-order valence-electron chi connectivity index (χ4n) is 2.65. The van der Waals surface area contributed by atoms with Crippen LogP contribution in [0.5, 0.6) is 0 Å². The SMILES string of the molecule is CCCN1CCN(CCN=C(N)/C(N)=C2/C=CC=CN2)CC1. The van der Waals surface area contributed by atoms with Crippen LogP contribution in [0, 0.1) is 0 Å². The van der Waals surface area contributed by atoms with Crippen molar-refractivity contribution in [3.05, 3.63) is 35.8 Å². The van der Waals surface area contributed by atoms with E-state index in [1.807, 2.05) is 24.4 Å². The van der Waals surface area contributed by atoms with Gasteiger partial charge >= 0.3 is 0 Å². The maximum atomic E-state index is 6.02. The van der Waals surface area contributed by atoms with Crippen LogP contribution >= 0.6 is 0 Å². The normalized spacial score (nSPS) is 22.7. The summed E-state index contributed by atoms with van der Waals surface area (Å²) in [7, 11) is 0. The Morgan fingerprint density at radius 1 is 1.14 bits per heavy atom. The van der Waals surface area contributed by atoms with Crippen LogP contribution < -0.4 is 16.8 Å². The molecule has 2 aliphatic heterocycles. The summed E-state index contributed by atoms with van der Waals surface area (Å²) in [6, 6.07) is 0. The van der Waals surface area contributed by atoms with Crippen LogP contribution in [0.4, 0.5) is 0 Å². The van der Waals surface area contributed by atoms with Crippen molar-refractivity contribution in [1.82, 2.24) is 15.1 Å². The van der Waals surface area contributed by atoms with Crippen molar-refractivity contribution in [3.8, 4) is 0 Å². The van der Waals surface area contributed by atoms with Gasteiger partial charge < -0.3 is 21.7 Å². The van der Waals surface area contributed by atoms with Crippen LogP contribution in [0.3, 0.4) is 0 Å². The Hall–Kier alpha value is -1.79. The number of allylic oxidation sites excluding steroid dienone is 3. The van der Waals surface area contributed by atoms with Crippen molar-refractivity contribution in [1.29, 1.82) is 0 Å². The lowest BCUT2D eigenvalue weighted by Crippen LogP contribution is -2.47. The molecule has 6 heteroatoms. The minimum Gasteiger partial charge on any atom is -0.394 e. The summed E-state index contributed by atoms with van der Waals surface area (Å²) < 4.78 is 0. The van der Waals surface area contributed by atoms with Gasteiger partial charge in [0.25, 0.3) is 0 Å². The first-order chi connectivity index (χ1) is 10.7. The Balaban J connectivity index is 1.75. The molecule has 0 saturated carbocycles. The van der Waals surface area contributed by atoms with Crippen LogP contribution in [0.25, 0.3) is 0 Å². The summed E-state index contributed by atoms with van der Waals surface area (Å²) in [5.41, 5.74) is 13.3. The number of rotatable bonds is 6. The third-order valence-electron chi connectivity index (χ3n) is 3.98. The molecule has 122 valence electrons. The molecule has 0 spiro atoms. The second-order valence-electron chi connectivity index (χ2n) is 5.64. The number of nitrogens with one attached hydrogen (secondary N) is 1. The largest absolute Gasteiger partial charge is 0.394 e. The maximum absolute atomic E-state index is 6.02. The molecule has 22 heavy (non-hydrogen) atoms. The van der Waals surface area contributed by atoms with E-state index in [4.69, 9.17) is 11.5 Å². The second kappa shape index (κ2) is 8.60. The Morgan fingerprint density at radius 2 is 1.82 bits per heavy atom. The molecule has 0 atom stereocenters. The molecule has 0 aromatic heterocycles. The first-order valence-corrected chi connectivity index (χ1v) is 8.05. The molecule has 0 amide bonds. The Labute approximate surface area is 133 Å². The molecule has 0 aromatic carbocycles. The summed E-state index contributed by atoms with van der Waals surface area (Å²) in [5.74, 6) is 0.409. The molecule has 0 aromatic rings. The highest BCUT2D eigenvalue weighted by atomic mass is 15.3. The zero-order chi connectivity index (χ0) is 15.8. The molecule has 1 saturated heterocycles. The van der Waals surface area contributed by atoms with E-state index in [1.165, 1.54) is 13.0 Å². The van der Waals surface area contributed by atoms with Gasteiger partial charge in [-0.2, -0.15) is 0 Å². The summed E-state index contributed by atoms with van der Waals surface area (Å²) in [6.45, 7) is 9.59. The highest BCUT2D eigenvalue weighted by molar-refractivity contribution is 5.97. The van der Waals surface area contributed by atoms with Crippen molar-refractivity contribution in [2.45, 2.75) is 13.3 Å². The van der Waals surface area contributed by atoms with E-state index in [0.29, 0.717) is 18.1 Å². The van der Waals surface area contributed by atoms with Crippen molar-refractivity contribution in [2.75, 3.05) is 45.8 Å². The van der Waals surface area contributed by atoms with E-state index >= 15 is 0 Å². The molecule has 2 rings (SSSR count). The van der Waals surface area contributed by atoms with Gasteiger partial charge in [0.2, 0.25) is 0 Å². The van der Waals surface area contributed by atoms with Gasteiger partial charge in [0.15, 0.2) is 0 Å². The van der Waals surface area contributed by atoms with E-state index in [0.717, 1.165) is 38.4 Å². The quantitative estimate of drug-likeness (QED) is 0.483. The number of piperazine rings is 1. The van der Waals surface area contributed by atoms with E-state index in [1.54, 1.807) is 0 Å². The van der Waals surface area contributed by atoms with Crippen LogP contribution in [-0.2, 0) is 0 Å². The lowest BCUT2D eigenvalue weighted by molar-refractivity contribution is 0.135. The maximum Gasteiger partial charge on any atom is 0.144 e. The van der Waals surface area contributed by atoms with Crippen molar-refractivity contribution >= 4 is 5.84 Å². The zero-order valence-corrected chi connectivity index (χ0v) is 13.5. The standard InChI is InChI=1S/C16H28N6/c1-2-8-21-10-12-22(13-11-21)9-7-20-16(18)15(17)14-5-3-4-6-19-14/h3-6,19H,2,7-13,17H2,1H3,(H2,18,20)/b15-14+. The Morgan fingerprint density at radius 3 is 2.41 bits per heavy atom. The number of amidine groups is 1. The van der Waals surface area contributed by atoms with Gasteiger partial charge in [-0.1, -0.05) is 13.0 Å². The van der Waals surface area contributed by atoms with E-state index in [-0.39, 0.29) is 0 Å². The molecule has 5 N–H and O–H groups in total. The van der Waals surface area contributed by atoms with Crippen molar-refractivity contribution < 1.29 is 0 Å². The van der Waals surface area contributed by atoms with Gasteiger partial charge in [-0.15, -0.1) is 0 Å². The smallest absolute Gasteiger partial charge is 0.144 e. The molecule has 0 aliphatic carbocycles. The minimum absolute atomic E-state index is 0.409. The summed E-state index contributed by atoms with van der Waals surface area (Å²) in [6.07, 6.45) is 8.77. The van der Waals surface area contributed by atoms with Crippen LogP contribution in [0.2, 0.25) is 0 Å². The van der Waals surface area contributed by atoms with Crippen LogP contribution in [0.1, 0.15) is 13.3 Å². The average Bonchev–Trinajstić information content (AvgIpc) is 2.56. The van der Waals surface area contributed by atoms with E-state index in [9.17, 15) is 0 Å². The second-order valence-corrected chi connectivity index (χ2v) is 5.64. The highest BCUT2D eigenvalue weighted by Gasteiger charge is 2.15. The van der Waals surface area contributed by atoms with E-state index < -0.39 is 0 Å². The highest BCUT2D eigenvalue weighted by Crippen LogP contribution is 2.04. The first-order valence-electron chi connectivity index (χ1n) is 8.05. The number of nitrogens with zero attached hydrogens (tertiary/aromatic N) is 3. The molecule has 0 radical (unpaired) electrons. The number of aliphatic imine (C=N–C) groups is 1. The first kappa shape index (κ1) is 16.6. The van der Waals surface area contributed by atoms with Gasteiger partial charge in [-0.3, -0.25) is 9.89 Å². The summed E-state index contributed by atoms with van der Waals surface area (Å²) in [5, 5.41) is 3.07. The molecular formula is C16H28N6. The molecule has 0 unspecified atom stereocenters. The lowest BCUT2D eigenvalue weighted by atomic mass is 10.2. The monoisotopic (exact) mass is 304 g/mol. The lowest BCUT2D eigenvalue weighted by Gasteiger charge is -2.34. The summed E-state index contributed by atoms with van der Waals surface area (Å²) >= 11 is 0.